The summed E-state index contributed by atoms with van der Waals surface area (Å²) < 4.78 is 5.39. The van der Waals surface area contributed by atoms with Gasteiger partial charge >= 0.3 is 0 Å². The van der Waals surface area contributed by atoms with Gasteiger partial charge in [-0.05, 0) is 26.4 Å². The van der Waals surface area contributed by atoms with Crippen molar-refractivity contribution < 1.29 is 9.84 Å². The van der Waals surface area contributed by atoms with Gasteiger partial charge in [-0.2, -0.15) is 0 Å². The van der Waals surface area contributed by atoms with Crippen LogP contribution in [0.15, 0.2) is 0 Å². The van der Waals surface area contributed by atoms with Crippen molar-refractivity contribution in [3.05, 3.63) is 0 Å². The Morgan fingerprint density at radius 3 is 2.53 bits per heavy atom. The fourth-order valence-corrected chi connectivity index (χ4v) is 1.61. The maximum absolute atomic E-state index is 9.67. The van der Waals surface area contributed by atoms with Crippen LogP contribution in [0.25, 0.3) is 0 Å². The van der Waals surface area contributed by atoms with Crippen molar-refractivity contribution in [1.29, 1.82) is 0 Å². The predicted molar refractivity (Wildman–Crippen MR) is 64.1 cm³/mol. The molecular formula is C12H27NO2. The number of nitrogens with zero attached hydrogens (tertiary/aromatic N) is 1. The van der Waals surface area contributed by atoms with Crippen LogP contribution in [0.1, 0.15) is 33.1 Å². The highest BCUT2D eigenvalue weighted by Crippen LogP contribution is 2.12. The topological polar surface area (TPSA) is 32.7 Å². The summed E-state index contributed by atoms with van der Waals surface area (Å²) >= 11 is 0. The number of aliphatic hydroxyl groups excluding tert-OH is 1. The normalized spacial score (nSPS) is 15.6. The molecule has 3 heteroatoms. The van der Waals surface area contributed by atoms with Crippen LogP contribution in [0.2, 0.25) is 0 Å². The van der Waals surface area contributed by atoms with E-state index in [4.69, 9.17) is 4.74 Å². The van der Waals surface area contributed by atoms with Gasteiger partial charge in [0.25, 0.3) is 0 Å². The highest BCUT2D eigenvalue weighted by atomic mass is 16.5. The van der Waals surface area contributed by atoms with Crippen molar-refractivity contribution in [1.82, 2.24) is 4.90 Å². The number of ether oxygens (including phenoxy) is 1. The number of likely N-dealkylation sites (N-methyl/N-ethyl adjacent to an activating group) is 1. The average molecular weight is 217 g/mol. The zero-order chi connectivity index (χ0) is 11.7. The molecule has 0 amide bonds. The average Bonchev–Trinajstić information content (AvgIpc) is 2.12. The number of hydrogen-bond acceptors (Lipinski definition) is 3. The van der Waals surface area contributed by atoms with E-state index in [2.05, 4.69) is 18.7 Å². The van der Waals surface area contributed by atoms with Crippen molar-refractivity contribution in [3.63, 3.8) is 0 Å². The summed E-state index contributed by atoms with van der Waals surface area (Å²) in [4.78, 5) is 2.08. The molecule has 0 bridgehead atoms. The maximum atomic E-state index is 9.67. The molecule has 0 rings (SSSR count). The number of rotatable bonds is 9. The molecule has 0 aliphatic carbocycles. The predicted octanol–water partition coefficient (Wildman–Crippen LogP) is 1.75. The molecular weight excluding hydrogens is 190 g/mol. The van der Waals surface area contributed by atoms with E-state index in [1.54, 1.807) is 0 Å². The lowest BCUT2D eigenvalue weighted by Crippen LogP contribution is -2.23. The lowest BCUT2D eigenvalue weighted by molar-refractivity contribution is 0.0201. The van der Waals surface area contributed by atoms with Crippen molar-refractivity contribution in [2.75, 3.05) is 33.9 Å². The fourth-order valence-electron chi connectivity index (χ4n) is 1.61. The first-order valence-electron chi connectivity index (χ1n) is 5.96. The Bertz CT molecular complexity index is 140. The SMILES string of the molecule is CCCC(C)CC(O)COCCN(C)C. The Hall–Kier alpha value is -0.120. The van der Waals surface area contributed by atoms with E-state index < -0.39 is 0 Å². The van der Waals surface area contributed by atoms with E-state index in [1.807, 2.05) is 14.1 Å². The molecule has 0 fully saturated rings. The molecule has 0 radical (unpaired) electrons. The van der Waals surface area contributed by atoms with Gasteiger partial charge in [-0.25, -0.2) is 0 Å². The molecule has 92 valence electrons. The van der Waals surface area contributed by atoms with Crippen molar-refractivity contribution in [2.45, 2.75) is 39.2 Å². The van der Waals surface area contributed by atoms with E-state index >= 15 is 0 Å². The van der Waals surface area contributed by atoms with Crippen LogP contribution in [0, 0.1) is 5.92 Å². The van der Waals surface area contributed by atoms with Crippen LogP contribution < -0.4 is 0 Å². The zero-order valence-electron chi connectivity index (χ0n) is 10.7. The van der Waals surface area contributed by atoms with E-state index in [0.717, 1.165) is 13.0 Å². The summed E-state index contributed by atoms with van der Waals surface area (Å²) in [5.41, 5.74) is 0. The van der Waals surface area contributed by atoms with E-state index in [-0.39, 0.29) is 6.10 Å². The molecule has 0 saturated heterocycles. The summed E-state index contributed by atoms with van der Waals surface area (Å²) in [5, 5.41) is 9.67. The quantitative estimate of drug-likeness (QED) is 0.597. The highest BCUT2D eigenvalue weighted by Gasteiger charge is 2.09. The summed E-state index contributed by atoms with van der Waals surface area (Å²) in [7, 11) is 4.03. The fraction of sp³-hybridized carbons (Fsp3) is 1.00. The first-order valence-corrected chi connectivity index (χ1v) is 5.96. The summed E-state index contributed by atoms with van der Waals surface area (Å²) in [6.45, 7) is 6.45. The zero-order valence-corrected chi connectivity index (χ0v) is 10.7. The first-order chi connectivity index (χ1) is 7.06. The second-order valence-electron chi connectivity index (χ2n) is 4.66. The molecule has 0 aromatic carbocycles. The molecule has 2 atom stereocenters. The smallest absolute Gasteiger partial charge is 0.0776 e. The Morgan fingerprint density at radius 1 is 1.33 bits per heavy atom. The van der Waals surface area contributed by atoms with Gasteiger partial charge in [0.05, 0.1) is 19.3 Å². The molecule has 2 unspecified atom stereocenters. The van der Waals surface area contributed by atoms with Crippen LogP contribution in [0.4, 0.5) is 0 Å². The van der Waals surface area contributed by atoms with Gasteiger partial charge in [0.1, 0.15) is 0 Å². The van der Waals surface area contributed by atoms with Gasteiger partial charge in [-0.3, -0.25) is 0 Å². The minimum atomic E-state index is -0.297. The largest absolute Gasteiger partial charge is 0.391 e. The highest BCUT2D eigenvalue weighted by molar-refractivity contribution is 4.60. The van der Waals surface area contributed by atoms with Gasteiger partial charge in [-0.15, -0.1) is 0 Å². The number of aliphatic hydroxyl groups is 1. The third-order valence-corrected chi connectivity index (χ3v) is 2.45. The van der Waals surface area contributed by atoms with Gasteiger partial charge in [0, 0.05) is 6.54 Å². The van der Waals surface area contributed by atoms with Gasteiger partial charge in [-0.1, -0.05) is 26.7 Å². The molecule has 3 nitrogen and oxygen atoms in total. The molecule has 0 aliphatic heterocycles. The third kappa shape index (κ3) is 10.2. The summed E-state index contributed by atoms with van der Waals surface area (Å²) in [6, 6.07) is 0. The molecule has 0 aliphatic rings. The van der Waals surface area contributed by atoms with E-state index in [1.165, 1.54) is 12.8 Å². The molecule has 0 aromatic rings. The molecule has 1 N–H and O–H groups in total. The standard InChI is InChI=1S/C12H27NO2/c1-5-6-11(2)9-12(14)10-15-8-7-13(3)4/h11-12,14H,5-10H2,1-4H3. The van der Waals surface area contributed by atoms with Crippen molar-refractivity contribution in [3.8, 4) is 0 Å². The van der Waals surface area contributed by atoms with Gasteiger partial charge in [0.2, 0.25) is 0 Å². The van der Waals surface area contributed by atoms with Crippen LogP contribution in [0.3, 0.4) is 0 Å². The van der Waals surface area contributed by atoms with Gasteiger partial charge < -0.3 is 14.7 Å². The summed E-state index contributed by atoms with van der Waals surface area (Å²) in [5.74, 6) is 0.599. The maximum Gasteiger partial charge on any atom is 0.0776 e. The van der Waals surface area contributed by atoms with E-state index in [0.29, 0.717) is 19.1 Å². The second kappa shape index (κ2) is 9.13. The third-order valence-electron chi connectivity index (χ3n) is 2.45. The Kier molecular flexibility index (Phi) is 9.06. The monoisotopic (exact) mass is 217 g/mol. The van der Waals surface area contributed by atoms with Crippen LogP contribution >= 0.6 is 0 Å². The first kappa shape index (κ1) is 14.9. The van der Waals surface area contributed by atoms with Crippen LogP contribution in [-0.4, -0.2) is 50.0 Å². The second-order valence-corrected chi connectivity index (χ2v) is 4.66. The molecule has 15 heavy (non-hydrogen) atoms. The van der Waals surface area contributed by atoms with Gasteiger partial charge in [0.15, 0.2) is 0 Å². The Labute approximate surface area is 94.4 Å². The Morgan fingerprint density at radius 2 is 2.00 bits per heavy atom. The van der Waals surface area contributed by atoms with Crippen LogP contribution in [-0.2, 0) is 4.74 Å². The molecule has 0 saturated carbocycles. The minimum absolute atomic E-state index is 0.297. The van der Waals surface area contributed by atoms with Crippen molar-refractivity contribution >= 4 is 0 Å². The lowest BCUT2D eigenvalue weighted by Gasteiger charge is -2.16. The number of hydrogen-bond donors (Lipinski definition) is 1. The minimum Gasteiger partial charge on any atom is -0.391 e. The lowest BCUT2D eigenvalue weighted by atomic mass is 9.99. The van der Waals surface area contributed by atoms with Crippen molar-refractivity contribution in [2.24, 2.45) is 5.92 Å². The Balaban J connectivity index is 3.36. The molecule has 0 spiro atoms. The van der Waals surface area contributed by atoms with Crippen LogP contribution in [0.5, 0.6) is 0 Å². The summed E-state index contributed by atoms with van der Waals surface area (Å²) in [6.07, 6.45) is 2.94. The molecule has 0 aromatic heterocycles. The van der Waals surface area contributed by atoms with E-state index in [9.17, 15) is 5.11 Å². The molecule has 0 heterocycles.